The zero-order valence-corrected chi connectivity index (χ0v) is 67.6. The molecule has 19 heteroatoms. The molecule has 0 aromatic heterocycles. The van der Waals surface area contributed by atoms with Gasteiger partial charge >= 0.3 is 0 Å². The summed E-state index contributed by atoms with van der Waals surface area (Å²) in [6.07, 6.45) is 78.8. The molecule has 3 heterocycles. The Kier molecular flexibility index (Phi) is 62.4. The Bertz CT molecular complexity index is 2720. The van der Waals surface area contributed by atoms with Gasteiger partial charge in [-0.1, -0.05) is 299 Å². The summed E-state index contributed by atoms with van der Waals surface area (Å²) in [7, 11) is 0. The number of nitrogens with one attached hydrogen (secondary N) is 1. The number of aliphatic hydroxyl groups excluding tert-OH is 11. The molecule has 3 aliphatic rings. The van der Waals surface area contributed by atoms with Crippen LogP contribution in [0.5, 0.6) is 0 Å². The van der Waals surface area contributed by atoms with Gasteiger partial charge in [0.1, 0.15) is 73.2 Å². The lowest BCUT2D eigenvalue weighted by Crippen LogP contribution is -2.66. The van der Waals surface area contributed by atoms with E-state index in [4.69, 9.17) is 28.4 Å². The summed E-state index contributed by atoms with van der Waals surface area (Å²) in [5.41, 5.74) is 0. The van der Waals surface area contributed by atoms with E-state index in [1.165, 1.54) is 109 Å². The first-order chi connectivity index (χ1) is 54.3. The molecular formula is C92H149NO18. The number of carbonyl (C=O) groups excluding carboxylic acids is 1. The maximum absolute atomic E-state index is 13.5. The monoisotopic (exact) mass is 1560 g/mol. The predicted octanol–water partition coefficient (Wildman–Crippen LogP) is 15.5. The van der Waals surface area contributed by atoms with Gasteiger partial charge in [0.15, 0.2) is 18.9 Å². The highest BCUT2D eigenvalue weighted by atomic mass is 16.8. The third-order valence-electron chi connectivity index (χ3n) is 19.7. The Labute approximate surface area is 668 Å². The molecule has 3 rings (SSSR count). The molecule has 17 unspecified atom stereocenters. The number of unbranched alkanes of at least 4 members (excludes halogenated alkanes) is 21. The van der Waals surface area contributed by atoms with E-state index in [-0.39, 0.29) is 12.3 Å². The molecule has 17 atom stereocenters. The second kappa shape index (κ2) is 69.2. The van der Waals surface area contributed by atoms with Crippen LogP contribution in [0.1, 0.15) is 258 Å². The predicted molar refractivity (Wildman–Crippen MR) is 447 cm³/mol. The van der Waals surface area contributed by atoms with Gasteiger partial charge < -0.3 is 89.9 Å². The summed E-state index contributed by atoms with van der Waals surface area (Å²) in [6, 6.07) is -1.04. The standard InChI is InChI=1S/C92H149NO18/c1-3-5-7-9-11-13-15-17-19-21-23-25-27-29-31-32-33-34-35-36-37-38-39-40-41-42-44-46-48-50-52-54-56-58-60-62-64-66-68-70-80(98)93-75(76(97)69-67-65-63-61-59-57-55-53-51-49-47-45-43-30-28-26-24-22-20-18-16-14-12-10-8-6-4-2)74-106-90-86(104)83(101)88(78(72-95)108-90)111-92-87(105)84(102)89(79(73-96)109-92)110-91-85(103)82(100)81(99)77(71-94)107-91/h5,7,11,13,17,19,23,25,29,31,33-34,36-37,39-40,42,44,48,50-51,53-54,56,59-62,67,69,75-79,81-92,94-97,99-105H,3-4,6,8-10,12,14-16,18,20-22,24,26-28,30,32,35,38,41,43,45-47,49,52,55,57-58,63-66,68,70-74H2,1-2H3,(H,93,98)/b7-5-,13-11-,19-17-,25-23-,31-29-,34-33-,37-36-,40-39-,44-42-,50-48-,53-51+,56-54-,61-59+,62-60-,69-67+. The molecule has 0 aliphatic carbocycles. The molecule has 12 N–H and O–H groups in total. The number of hydrogen-bond acceptors (Lipinski definition) is 18. The number of amides is 1. The highest BCUT2D eigenvalue weighted by Crippen LogP contribution is 2.33. The lowest BCUT2D eigenvalue weighted by atomic mass is 9.96. The van der Waals surface area contributed by atoms with Gasteiger partial charge in [-0.3, -0.25) is 4.79 Å². The second-order valence-electron chi connectivity index (χ2n) is 29.2. The van der Waals surface area contributed by atoms with Crippen LogP contribution in [0.3, 0.4) is 0 Å². The van der Waals surface area contributed by atoms with Crippen LogP contribution in [0, 0.1) is 0 Å². The van der Waals surface area contributed by atoms with Crippen LogP contribution >= 0.6 is 0 Å². The maximum Gasteiger partial charge on any atom is 0.220 e. The SMILES string of the molecule is CC/C=C\C/C=C\C/C=C\C/C=C\C/C=C\C/C=C\C/C=C\C/C=C\C/C=C\C/C=C\C/C=C\C/C=C\CCCCC(=O)NC(COC1OC(CO)C(OC2OC(CO)C(OC3OC(CO)C(O)C(O)C3O)C(O)C2O)C(O)C1O)C(O)/C=C/CC/C=C/CC/C=C/CCCCCCCCCCCCCCCCCCC. The van der Waals surface area contributed by atoms with Gasteiger partial charge in [0.2, 0.25) is 5.91 Å². The number of rotatable bonds is 65. The normalized spacial score (nSPS) is 26.0. The van der Waals surface area contributed by atoms with Gasteiger partial charge in [-0.25, -0.2) is 0 Å². The lowest BCUT2D eigenvalue weighted by Gasteiger charge is -2.48. The Morgan fingerprint density at radius 2 is 0.631 bits per heavy atom. The van der Waals surface area contributed by atoms with Crippen molar-refractivity contribution in [1.82, 2.24) is 5.32 Å². The Balaban J connectivity index is 1.40. The molecule has 3 fully saturated rings. The van der Waals surface area contributed by atoms with Crippen molar-refractivity contribution in [3.63, 3.8) is 0 Å². The molecule has 3 saturated heterocycles. The highest BCUT2D eigenvalue weighted by Gasteiger charge is 2.54. The fraction of sp³-hybridized carbons (Fsp3) is 0.663. The minimum absolute atomic E-state index is 0.164. The average molecular weight is 1560 g/mol. The molecule has 630 valence electrons. The Morgan fingerprint density at radius 3 is 1.01 bits per heavy atom. The van der Waals surface area contributed by atoms with Crippen molar-refractivity contribution in [3.8, 4) is 0 Å². The molecule has 3 aliphatic heterocycles. The smallest absolute Gasteiger partial charge is 0.220 e. The quantitative estimate of drug-likeness (QED) is 0.0199. The molecule has 0 bridgehead atoms. The van der Waals surface area contributed by atoms with Gasteiger partial charge in [-0.15, -0.1) is 0 Å². The van der Waals surface area contributed by atoms with E-state index in [1.807, 2.05) is 6.08 Å². The molecule has 0 aromatic rings. The Morgan fingerprint density at radius 1 is 0.333 bits per heavy atom. The van der Waals surface area contributed by atoms with E-state index in [0.29, 0.717) is 12.8 Å². The Hall–Kier alpha value is -5.11. The third kappa shape index (κ3) is 48.1. The fourth-order valence-electron chi connectivity index (χ4n) is 12.9. The fourth-order valence-corrected chi connectivity index (χ4v) is 12.9. The molecular weight excluding hydrogens is 1410 g/mol. The number of allylic oxidation sites excluding steroid dienone is 29. The van der Waals surface area contributed by atoms with Crippen LogP contribution in [-0.4, -0.2) is 193 Å². The van der Waals surface area contributed by atoms with Crippen molar-refractivity contribution in [2.24, 2.45) is 0 Å². The van der Waals surface area contributed by atoms with Crippen molar-refractivity contribution in [3.05, 3.63) is 182 Å². The molecule has 0 radical (unpaired) electrons. The zero-order valence-electron chi connectivity index (χ0n) is 67.6. The van der Waals surface area contributed by atoms with Gasteiger partial charge in [0, 0.05) is 6.42 Å². The first kappa shape index (κ1) is 100. The molecule has 0 aromatic carbocycles. The number of aliphatic hydroxyl groups is 11. The van der Waals surface area contributed by atoms with E-state index >= 15 is 0 Å². The van der Waals surface area contributed by atoms with Crippen LogP contribution in [0.15, 0.2) is 182 Å². The van der Waals surface area contributed by atoms with Crippen LogP contribution in [0.25, 0.3) is 0 Å². The maximum atomic E-state index is 13.5. The molecule has 19 nitrogen and oxygen atoms in total. The zero-order chi connectivity index (χ0) is 80.3. The highest BCUT2D eigenvalue weighted by molar-refractivity contribution is 5.76. The van der Waals surface area contributed by atoms with E-state index in [2.05, 4.69) is 189 Å². The molecule has 1 amide bonds. The van der Waals surface area contributed by atoms with Gasteiger partial charge in [0.05, 0.1) is 38.6 Å². The topological polar surface area (TPSA) is 307 Å². The van der Waals surface area contributed by atoms with Crippen molar-refractivity contribution >= 4 is 5.91 Å². The minimum Gasteiger partial charge on any atom is -0.394 e. The summed E-state index contributed by atoms with van der Waals surface area (Å²) >= 11 is 0. The van der Waals surface area contributed by atoms with E-state index in [9.17, 15) is 61.0 Å². The number of carbonyl (C=O) groups is 1. The minimum atomic E-state index is -2.00. The molecule has 0 spiro atoms. The van der Waals surface area contributed by atoms with Crippen molar-refractivity contribution in [2.75, 3.05) is 26.4 Å². The van der Waals surface area contributed by atoms with Crippen LogP contribution < -0.4 is 5.32 Å². The summed E-state index contributed by atoms with van der Waals surface area (Å²) in [4.78, 5) is 13.5. The summed E-state index contributed by atoms with van der Waals surface area (Å²) in [5.74, 6) is -0.338. The van der Waals surface area contributed by atoms with Crippen LogP contribution in [0.2, 0.25) is 0 Å². The number of hydrogen-bond donors (Lipinski definition) is 12. The lowest BCUT2D eigenvalue weighted by molar-refractivity contribution is -0.379. The third-order valence-corrected chi connectivity index (χ3v) is 19.7. The van der Waals surface area contributed by atoms with Gasteiger partial charge in [-0.05, 0) is 135 Å². The van der Waals surface area contributed by atoms with Crippen LogP contribution in [0.4, 0.5) is 0 Å². The first-order valence-electron chi connectivity index (χ1n) is 42.5. The van der Waals surface area contributed by atoms with E-state index < -0.39 is 131 Å². The van der Waals surface area contributed by atoms with E-state index in [0.717, 1.165) is 116 Å². The average Bonchev–Trinajstić information content (AvgIpc) is 0.780. The first-order valence-corrected chi connectivity index (χ1v) is 42.5. The number of ether oxygens (including phenoxy) is 6. The van der Waals surface area contributed by atoms with Crippen molar-refractivity contribution < 1.29 is 89.4 Å². The second-order valence-corrected chi connectivity index (χ2v) is 29.2. The summed E-state index contributed by atoms with van der Waals surface area (Å²) in [5, 5.41) is 121. The van der Waals surface area contributed by atoms with Crippen LogP contribution in [-0.2, 0) is 33.2 Å². The summed E-state index contributed by atoms with van der Waals surface area (Å²) < 4.78 is 34.4. The molecule has 0 saturated carbocycles. The summed E-state index contributed by atoms with van der Waals surface area (Å²) in [6.45, 7) is 1.56. The van der Waals surface area contributed by atoms with Crippen molar-refractivity contribution in [2.45, 2.75) is 362 Å². The van der Waals surface area contributed by atoms with Crippen molar-refractivity contribution in [1.29, 1.82) is 0 Å². The van der Waals surface area contributed by atoms with Gasteiger partial charge in [0.25, 0.3) is 0 Å². The van der Waals surface area contributed by atoms with Gasteiger partial charge in [-0.2, -0.15) is 0 Å². The largest absolute Gasteiger partial charge is 0.394 e. The molecule has 111 heavy (non-hydrogen) atoms. The van der Waals surface area contributed by atoms with E-state index in [1.54, 1.807) is 6.08 Å².